The number of nitrogen functional groups attached to an aromatic ring is 1. The van der Waals surface area contributed by atoms with Crippen LogP contribution >= 0.6 is 11.6 Å². The van der Waals surface area contributed by atoms with E-state index in [0.29, 0.717) is 22.7 Å². The third-order valence-electron chi connectivity index (χ3n) is 3.00. The number of hydrogen-bond acceptors (Lipinski definition) is 2. The summed E-state index contributed by atoms with van der Waals surface area (Å²) < 4.78 is 0. The second-order valence-electron chi connectivity index (χ2n) is 4.71. The largest absolute Gasteiger partial charge is 0.399 e. The fraction of sp³-hybridized carbons (Fsp3) is 0.533. The Hall–Kier alpha value is -1.02. The van der Waals surface area contributed by atoms with Crippen LogP contribution in [0.3, 0.4) is 0 Å². The molecule has 18 heavy (non-hydrogen) atoms. The highest BCUT2D eigenvalue weighted by Crippen LogP contribution is 2.19. The van der Waals surface area contributed by atoms with Gasteiger partial charge in [0.2, 0.25) is 0 Å². The zero-order valence-corrected chi connectivity index (χ0v) is 11.8. The molecule has 0 aliphatic rings. The van der Waals surface area contributed by atoms with Crippen LogP contribution in [0.5, 0.6) is 0 Å². The molecule has 2 N–H and O–H groups in total. The first-order valence-electron chi connectivity index (χ1n) is 6.72. The van der Waals surface area contributed by atoms with Gasteiger partial charge in [-0.15, -0.1) is 0 Å². The highest BCUT2D eigenvalue weighted by Gasteiger charge is 2.07. The standard InChI is InChI=1S/C15H22ClNO/c1-2-3-4-5-6-7-8-15(18)12-9-13(16)11-14(17)10-12/h9-11H,2-8,17H2,1H3. The Kier molecular flexibility index (Phi) is 6.81. The first-order valence-corrected chi connectivity index (χ1v) is 7.10. The molecule has 0 radical (unpaired) electrons. The molecule has 100 valence electrons. The number of unbranched alkanes of at least 4 members (excludes halogenated alkanes) is 5. The van der Waals surface area contributed by atoms with Gasteiger partial charge in [-0.3, -0.25) is 4.79 Å². The average molecular weight is 268 g/mol. The smallest absolute Gasteiger partial charge is 0.163 e. The highest BCUT2D eigenvalue weighted by atomic mass is 35.5. The molecule has 1 aromatic rings. The van der Waals surface area contributed by atoms with Crippen LogP contribution in [0.25, 0.3) is 0 Å². The minimum Gasteiger partial charge on any atom is -0.399 e. The molecule has 1 rings (SSSR count). The van der Waals surface area contributed by atoms with Crippen LogP contribution in [0.4, 0.5) is 5.69 Å². The first kappa shape index (κ1) is 15.0. The second kappa shape index (κ2) is 8.15. The Labute approximate surface area is 115 Å². The van der Waals surface area contributed by atoms with E-state index in [1.807, 2.05) is 0 Å². The zero-order valence-electron chi connectivity index (χ0n) is 11.0. The monoisotopic (exact) mass is 267 g/mol. The number of benzene rings is 1. The third kappa shape index (κ3) is 5.54. The molecule has 0 aromatic heterocycles. The van der Waals surface area contributed by atoms with Crippen LogP contribution in [0.1, 0.15) is 62.2 Å². The maximum atomic E-state index is 11.9. The van der Waals surface area contributed by atoms with Gasteiger partial charge in [-0.1, -0.05) is 50.6 Å². The van der Waals surface area contributed by atoms with Crippen molar-refractivity contribution in [3.8, 4) is 0 Å². The number of Topliss-reactive ketones (excluding diaryl/α,β-unsaturated/α-hetero) is 1. The summed E-state index contributed by atoms with van der Waals surface area (Å²) in [5.41, 5.74) is 6.85. The summed E-state index contributed by atoms with van der Waals surface area (Å²) in [4.78, 5) is 11.9. The topological polar surface area (TPSA) is 43.1 Å². The average Bonchev–Trinajstić information content (AvgIpc) is 2.32. The normalized spacial score (nSPS) is 10.6. The number of carbonyl (C=O) groups is 1. The molecule has 0 fully saturated rings. The number of carbonyl (C=O) groups excluding carboxylic acids is 1. The lowest BCUT2D eigenvalue weighted by molar-refractivity contribution is 0.0979. The van der Waals surface area contributed by atoms with Crippen molar-refractivity contribution in [1.82, 2.24) is 0 Å². The zero-order chi connectivity index (χ0) is 13.4. The second-order valence-corrected chi connectivity index (χ2v) is 5.15. The quantitative estimate of drug-likeness (QED) is 0.415. The summed E-state index contributed by atoms with van der Waals surface area (Å²) in [7, 11) is 0. The molecular formula is C15H22ClNO. The van der Waals surface area contributed by atoms with Gasteiger partial charge in [0, 0.05) is 22.7 Å². The van der Waals surface area contributed by atoms with Gasteiger partial charge >= 0.3 is 0 Å². The number of hydrogen-bond donors (Lipinski definition) is 1. The fourth-order valence-electron chi connectivity index (χ4n) is 1.98. The molecule has 0 saturated heterocycles. The van der Waals surface area contributed by atoms with Crippen LogP contribution in [0.2, 0.25) is 5.02 Å². The van der Waals surface area contributed by atoms with E-state index in [9.17, 15) is 4.79 Å². The van der Waals surface area contributed by atoms with Gasteiger partial charge in [0.1, 0.15) is 0 Å². The van der Waals surface area contributed by atoms with Gasteiger partial charge in [-0.05, 0) is 24.6 Å². The van der Waals surface area contributed by atoms with Gasteiger partial charge in [0.05, 0.1) is 0 Å². The maximum absolute atomic E-state index is 11.9. The van der Waals surface area contributed by atoms with Crippen molar-refractivity contribution in [3.63, 3.8) is 0 Å². The molecule has 0 bridgehead atoms. The highest BCUT2D eigenvalue weighted by molar-refractivity contribution is 6.31. The van der Waals surface area contributed by atoms with Crippen LogP contribution in [0, 0.1) is 0 Å². The van der Waals surface area contributed by atoms with Crippen LogP contribution in [0.15, 0.2) is 18.2 Å². The minimum absolute atomic E-state index is 0.139. The van der Waals surface area contributed by atoms with E-state index >= 15 is 0 Å². The SMILES string of the molecule is CCCCCCCCC(=O)c1cc(N)cc(Cl)c1. The molecule has 0 saturated carbocycles. The molecule has 0 spiro atoms. The molecule has 1 aromatic carbocycles. The Morgan fingerprint density at radius 2 is 1.78 bits per heavy atom. The Morgan fingerprint density at radius 3 is 2.44 bits per heavy atom. The van der Waals surface area contributed by atoms with E-state index in [0.717, 1.165) is 12.8 Å². The van der Waals surface area contributed by atoms with Crippen molar-refractivity contribution in [2.24, 2.45) is 0 Å². The van der Waals surface area contributed by atoms with Crippen molar-refractivity contribution in [1.29, 1.82) is 0 Å². The first-order chi connectivity index (χ1) is 8.63. The van der Waals surface area contributed by atoms with Crippen LogP contribution in [-0.2, 0) is 0 Å². The summed E-state index contributed by atoms with van der Waals surface area (Å²) in [6, 6.07) is 5.05. The van der Waals surface area contributed by atoms with E-state index in [1.165, 1.54) is 25.7 Å². The van der Waals surface area contributed by atoms with E-state index < -0.39 is 0 Å². The summed E-state index contributed by atoms with van der Waals surface area (Å²) in [5, 5.41) is 0.529. The Morgan fingerprint density at radius 1 is 1.11 bits per heavy atom. The van der Waals surface area contributed by atoms with E-state index in [-0.39, 0.29) is 5.78 Å². The lowest BCUT2D eigenvalue weighted by Crippen LogP contribution is -2.00. The molecular weight excluding hydrogens is 246 g/mol. The third-order valence-corrected chi connectivity index (χ3v) is 3.22. The summed E-state index contributed by atoms with van der Waals surface area (Å²) >= 11 is 5.88. The van der Waals surface area contributed by atoms with Crippen LogP contribution < -0.4 is 5.73 Å². The molecule has 2 nitrogen and oxygen atoms in total. The van der Waals surface area contributed by atoms with Gasteiger partial charge in [-0.25, -0.2) is 0 Å². The van der Waals surface area contributed by atoms with Crippen molar-refractivity contribution in [2.75, 3.05) is 5.73 Å². The van der Waals surface area contributed by atoms with Gasteiger partial charge < -0.3 is 5.73 Å². The molecule has 0 unspecified atom stereocenters. The van der Waals surface area contributed by atoms with Crippen molar-refractivity contribution in [2.45, 2.75) is 51.9 Å². The Bertz CT molecular complexity index is 370. The van der Waals surface area contributed by atoms with Crippen molar-refractivity contribution >= 4 is 23.1 Å². The summed E-state index contributed by atoms with van der Waals surface area (Å²) in [6.45, 7) is 2.20. The molecule has 0 atom stereocenters. The predicted molar refractivity (Wildman–Crippen MR) is 78.2 cm³/mol. The molecule has 0 heterocycles. The van der Waals surface area contributed by atoms with E-state index in [2.05, 4.69) is 6.92 Å². The van der Waals surface area contributed by atoms with Gasteiger partial charge in [0.15, 0.2) is 5.78 Å². The van der Waals surface area contributed by atoms with E-state index in [1.54, 1.807) is 18.2 Å². The minimum atomic E-state index is 0.139. The Balaban J connectivity index is 2.32. The molecule has 0 aliphatic carbocycles. The van der Waals surface area contributed by atoms with Crippen LogP contribution in [-0.4, -0.2) is 5.78 Å². The predicted octanol–water partition coefficient (Wildman–Crippen LogP) is 4.86. The van der Waals surface area contributed by atoms with Crippen molar-refractivity contribution in [3.05, 3.63) is 28.8 Å². The summed E-state index contributed by atoms with van der Waals surface area (Å²) in [6.07, 6.45) is 7.70. The number of nitrogens with two attached hydrogens (primary N) is 1. The molecule has 0 aliphatic heterocycles. The number of halogens is 1. The fourth-order valence-corrected chi connectivity index (χ4v) is 2.23. The molecule has 0 amide bonds. The lowest BCUT2D eigenvalue weighted by Gasteiger charge is -2.04. The number of anilines is 1. The van der Waals surface area contributed by atoms with Gasteiger partial charge in [-0.2, -0.15) is 0 Å². The number of ketones is 1. The number of rotatable bonds is 8. The van der Waals surface area contributed by atoms with E-state index in [4.69, 9.17) is 17.3 Å². The maximum Gasteiger partial charge on any atom is 0.163 e. The summed E-state index contributed by atoms with van der Waals surface area (Å²) in [5.74, 6) is 0.139. The van der Waals surface area contributed by atoms with Gasteiger partial charge in [0.25, 0.3) is 0 Å². The van der Waals surface area contributed by atoms with Crippen molar-refractivity contribution < 1.29 is 4.79 Å². The lowest BCUT2D eigenvalue weighted by atomic mass is 10.0. The molecule has 3 heteroatoms.